The van der Waals surface area contributed by atoms with Gasteiger partial charge in [-0.15, -0.1) is 0 Å². The standard InChI is InChI=1S/C13H9Br2FO/c14-8-9-7-10(15)1-6-13(9)17-12-4-2-11(16)3-5-12/h1-7H,8H2. The number of benzene rings is 2. The van der Waals surface area contributed by atoms with Gasteiger partial charge in [0.1, 0.15) is 17.3 Å². The zero-order valence-electron chi connectivity index (χ0n) is 8.79. The van der Waals surface area contributed by atoms with Crippen molar-refractivity contribution in [3.05, 3.63) is 58.3 Å². The van der Waals surface area contributed by atoms with Gasteiger partial charge in [-0.3, -0.25) is 0 Å². The predicted octanol–water partition coefficient (Wildman–Crippen LogP) is 5.28. The molecule has 2 rings (SSSR count). The molecular formula is C13H9Br2FO. The van der Waals surface area contributed by atoms with E-state index in [1.807, 2.05) is 18.2 Å². The van der Waals surface area contributed by atoms with Crippen LogP contribution in [0.25, 0.3) is 0 Å². The molecule has 2 aromatic carbocycles. The Kier molecular flexibility index (Phi) is 4.18. The van der Waals surface area contributed by atoms with E-state index in [9.17, 15) is 4.39 Å². The molecule has 0 atom stereocenters. The molecule has 1 nitrogen and oxygen atoms in total. The second-order valence-electron chi connectivity index (χ2n) is 3.44. The van der Waals surface area contributed by atoms with Gasteiger partial charge in [-0.1, -0.05) is 31.9 Å². The van der Waals surface area contributed by atoms with Crippen LogP contribution in [-0.2, 0) is 5.33 Å². The fourth-order valence-corrected chi connectivity index (χ4v) is 2.23. The van der Waals surface area contributed by atoms with Crippen molar-refractivity contribution in [2.24, 2.45) is 0 Å². The lowest BCUT2D eigenvalue weighted by molar-refractivity contribution is 0.476. The highest BCUT2D eigenvalue weighted by atomic mass is 79.9. The maximum absolute atomic E-state index is 12.8. The molecule has 0 heterocycles. The molecule has 0 saturated carbocycles. The number of hydrogen-bond acceptors (Lipinski definition) is 1. The molecule has 2 aromatic rings. The van der Waals surface area contributed by atoms with E-state index in [2.05, 4.69) is 31.9 Å². The molecule has 0 aliphatic rings. The van der Waals surface area contributed by atoms with Crippen LogP contribution in [0.2, 0.25) is 0 Å². The summed E-state index contributed by atoms with van der Waals surface area (Å²) >= 11 is 6.81. The van der Waals surface area contributed by atoms with Crippen LogP contribution in [0.1, 0.15) is 5.56 Å². The first kappa shape index (κ1) is 12.6. The van der Waals surface area contributed by atoms with Gasteiger partial charge in [0.15, 0.2) is 0 Å². The Morgan fingerprint density at radius 1 is 1.06 bits per heavy atom. The Balaban J connectivity index is 2.26. The molecule has 88 valence electrons. The zero-order valence-corrected chi connectivity index (χ0v) is 12.0. The summed E-state index contributed by atoms with van der Waals surface area (Å²) in [6.45, 7) is 0. The second-order valence-corrected chi connectivity index (χ2v) is 4.92. The highest BCUT2D eigenvalue weighted by molar-refractivity contribution is 9.10. The minimum absolute atomic E-state index is 0.270. The third-order valence-corrected chi connectivity index (χ3v) is 3.31. The SMILES string of the molecule is Fc1ccc(Oc2ccc(Br)cc2CBr)cc1. The zero-order chi connectivity index (χ0) is 12.3. The molecule has 0 unspecified atom stereocenters. The Hall–Kier alpha value is -0.870. The monoisotopic (exact) mass is 358 g/mol. The molecule has 0 amide bonds. The lowest BCUT2D eigenvalue weighted by Crippen LogP contribution is -1.89. The molecule has 4 heteroatoms. The van der Waals surface area contributed by atoms with Crippen LogP contribution < -0.4 is 4.74 Å². The van der Waals surface area contributed by atoms with Crippen LogP contribution >= 0.6 is 31.9 Å². The van der Waals surface area contributed by atoms with E-state index < -0.39 is 0 Å². The van der Waals surface area contributed by atoms with Crippen LogP contribution in [0.5, 0.6) is 11.5 Å². The third-order valence-electron chi connectivity index (χ3n) is 2.21. The van der Waals surface area contributed by atoms with Gasteiger partial charge in [0.05, 0.1) is 0 Å². The first-order valence-electron chi connectivity index (χ1n) is 4.97. The van der Waals surface area contributed by atoms with Gasteiger partial charge in [0.25, 0.3) is 0 Å². The summed E-state index contributed by atoms with van der Waals surface area (Å²) in [5, 5.41) is 0.697. The summed E-state index contributed by atoms with van der Waals surface area (Å²) in [6, 6.07) is 11.7. The molecule has 0 saturated heterocycles. The molecular weight excluding hydrogens is 351 g/mol. The molecule has 0 aromatic heterocycles. The summed E-state index contributed by atoms with van der Waals surface area (Å²) in [6.07, 6.45) is 0. The van der Waals surface area contributed by atoms with Gasteiger partial charge >= 0.3 is 0 Å². The molecule has 0 spiro atoms. The average molecular weight is 360 g/mol. The van der Waals surface area contributed by atoms with Crippen molar-refractivity contribution in [3.63, 3.8) is 0 Å². The lowest BCUT2D eigenvalue weighted by atomic mass is 10.2. The topological polar surface area (TPSA) is 9.23 Å². The molecule has 0 fully saturated rings. The Bertz CT molecular complexity index is 511. The van der Waals surface area contributed by atoms with E-state index in [0.717, 1.165) is 15.8 Å². The quantitative estimate of drug-likeness (QED) is 0.678. The minimum Gasteiger partial charge on any atom is -0.457 e. The van der Waals surface area contributed by atoms with Crippen molar-refractivity contribution in [1.29, 1.82) is 0 Å². The molecule has 0 bridgehead atoms. The van der Waals surface area contributed by atoms with Crippen LogP contribution in [0.3, 0.4) is 0 Å². The molecule has 0 N–H and O–H groups in total. The molecule has 17 heavy (non-hydrogen) atoms. The number of halogens is 3. The Morgan fingerprint density at radius 2 is 1.76 bits per heavy atom. The van der Waals surface area contributed by atoms with E-state index in [1.54, 1.807) is 12.1 Å². The number of rotatable bonds is 3. The Labute approximate surface area is 116 Å². The van der Waals surface area contributed by atoms with Crippen LogP contribution in [0.4, 0.5) is 4.39 Å². The molecule has 0 radical (unpaired) electrons. The number of alkyl halides is 1. The summed E-state index contributed by atoms with van der Waals surface area (Å²) in [4.78, 5) is 0. The first-order chi connectivity index (χ1) is 8.19. The largest absolute Gasteiger partial charge is 0.457 e. The number of ether oxygens (including phenoxy) is 1. The maximum atomic E-state index is 12.8. The number of hydrogen-bond donors (Lipinski definition) is 0. The van der Waals surface area contributed by atoms with Gasteiger partial charge in [-0.25, -0.2) is 4.39 Å². The summed E-state index contributed by atoms with van der Waals surface area (Å²) < 4.78 is 19.4. The van der Waals surface area contributed by atoms with Gasteiger partial charge in [-0.2, -0.15) is 0 Å². The maximum Gasteiger partial charge on any atom is 0.131 e. The fourth-order valence-electron chi connectivity index (χ4n) is 1.38. The van der Waals surface area contributed by atoms with Gasteiger partial charge in [0.2, 0.25) is 0 Å². The van der Waals surface area contributed by atoms with Crippen molar-refractivity contribution in [1.82, 2.24) is 0 Å². The third kappa shape index (κ3) is 3.30. The van der Waals surface area contributed by atoms with E-state index in [1.165, 1.54) is 12.1 Å². The smallest absolute Gasteiger partial charge is 0.131 e. The Morgan fingerprint density at radius 3 is 2.41 bits per heavy atom. The minimum atomic E-state index is -0.270. The van der Waals surface area contributed by atoms with E-state index in [0.29, 0.717) is 11.1 Å². The van der Waals surface area contributed by atoms with Crippen molar-refractivity contribution in [2.45, 2.75) is 5.33 Å². The van der Waals surface area contributed by atoms with Gasteiger partial charge in [-0.05, 0) is 42.5 Å². The van der Waals surface area contributed by atoms with Crippen LogP contribution in [0, 0.1) is 5.82 Å². The van der Waals surface area contributed by atoms with E-state index in [4.69, 9.17) is 4.74 Å². The highest BCUT2D eigenvalue weighted by Crippen LogP contribution is 2.29. The summed E-state index contributed by atoms with van der Waals surface area (Å²) in [7, 11) is 0. The van der Waals surface area contributed by atoms with Crippen LogP contribution in [-0.4, -0.2) is 0 Å². The summed E-state index contributed by atoms with van der Waals surface area (Å²) in [5.41, 5.74) is 1.03. The van der Waals surface area contributed by atoms with Gasteiger partial charge < -0.3 is 4.74 Å². The molecule has 0 aliphatic heterocycles. The van der Waals surface area contributed by atoms with Crippen LogP contribution in [0.15, 0.2) is 46.9 Å². The lowest BCUT2D eigenvalue weighted by Gasteiger charge is -2.09. The van der Waals surface area contributed by atoms with Gasteiger partial charge in [0, 0.05) is 15.4 Å². The molecule has 0 aliphatic carbocycles. The van der Waals surface area contributed by atoms with E-state index >= 15 is 0 Å². The predicted molar refractivity (Wildman–Crippen MR) is 73.2 cm³/mol. The average Bonchev–Trinajstić information content (AvgIpc) is 2.34. The first-order valence-corrected chi connectivity index (χ1v) is 6.88. The van der Waals surface area contributed by atoms with Crippen molar-refractivity contribution < 1.29 is 9.13 Å². The fraction of sp³-hybridized carbons (Fsp3) is 0.0769. The van der Waals surface area contributed by atoms with Crippen molar-refractivity contribution >= 4 is 31.9 Å². The van der Waals surface area contributed by atoms with Crippen molar-refractivity contribution in [2.75, 3.05) is 0 Å². The normalized spacial score (nSPS) is 10.3. The van der Waals surface area contributed by atoms with Crippen molar-refractivity contribution in [3.8, 4) is 11.5 Å². The second kappa shape index (κ2) is 5.65. The highest BCUT2D eigenvalue weighted by Gasteiger charge is 2.05. The summed E-state index contributed by atoms with van der Waals surface area (Å²) in [5.74, 6) is 1.11. The van der Waals surface area contributed by atoms with E-state index in [-0.39, 0.29) is 5.82 Å².